The van der Waals surface area contributed by atoms with Crippen molar-refractivity contribution in [1.82, 2.24) is 10.2 Å². The van der Waals surface area contributed by atoms with Gasteiger partial charge in [-0.1, -0.05) is 13.3 Å². The molecule has 2 aliphatic heterocycles. The zero-order valence-electron chi connectivity index (χ0n) is 10.6. The van der Waals surface area contributed by atoms with E-state index in [1.54, 1.807) is 0 Å². The first-order valence-electron chi connectivity index (χ1n) is 6.93. The van der Waals surface area contributed by atoms with Crippen LogP contribution >= 0.6 is 11.8 Å². The molecule has 2 heterocycles. The Labute approximate surface area is 105 Å². The van der Waals surface area contributed by atoms with Crippen molar-refractivity contribution in [3.8, 4) is 0 Å². The van der Waals surface area contributed by atoms with E-state index >= 15 is 0 Å². The Hall–Kier alpha value is 0.270. The second kappa shape index (κ2) is 6.87. The summed E-state index contributed by atoms with van der Waals surface area (Å²) < 4.78 is 0. The minimum Gasteiger partial charge on any atom is -0.317 e. The van der Waals surface area contributed by atoms with Crippen molar-refractivity contribution < 1.29 is 0 Å². The van der Waals surface area contributed by atoms with E-state index in [1.165, 1.54) is 57.6 Å². The fourth-order valence-corrected chi connectivity index (χ4v) is 4.19. The quantitative estimate of drug-likeness (QED) is 0.796. The molecule has 94 valence electrons. The molecular weight excluding hydrogens is 216 g/mol. The van der Waals surface area contributed by atoms with Crippen LogP contribution < -0.4 is 5.32 Å². The molecule has 2 rings (SSSR count). The minimum absolute atomic E-state index is 0.911. The Kier molecular flexibility index (Phi) is 5.46. The molecule has 2 saturated heterocycles. The molecule has 2 nitrogen and oxygen atoms in total. The smallest absolute Gasteiger partial charge is 0.0175 e. The lowest BCUT2D eigenvalue weighted by Crippen LogP contribution is -2.32. The predicted octanol–water partition coefficient (Wildman–Crippen LogP) is 2.20. The van der Waals surface area contributed by atoms with Crippen molar-refractivity contribution in [1.29, 1.82) is 0 Å². The first-order valence-corrected chi connectivity index (χ1v) is 7.98. The lowest BCUT2D eigenvalue weighted by Gasteiger charge is -2.26. The molecule has 0 bridgehead atoms. The molecule has 3 heteroatoms. The standard InChI is InChI=1S/C13H26N2S/c1-2-14-9-12-6-7-15(10-12)11-13-5-3-4-8-16-13/h12-14H,2-11H2,1H3. The second-order valence-corrected chi connectivity index (χ2v) is 6.62. The molecule has 0 aromatic heterocycles. The van der Waals surface area contributed by atoms with Crippen molar-refractivity contribution in [2.24, 2.45) is 5.92 Å². The Morgan fingerprint density at radius 1 is 1.31 bits per heavy atom. The number of nitrogens with one attached hydrogen (secondary N) is 1. The van der Waals surface area contributed by atoms with Gasteiger partial charge in [-0.25, -0.2) is 0 Å². The van der Waals surface area contributed by atoms with Crippen molar-refractivity contribution in [2.45, 2.75) is 37.9 Å². The number of hydrogen-bond acceptors (Lipinski definition) is 3. The number of likely N-dealkylation sites (tertiary alicyclic amines) is 1. The number of thioether (sulfide) groups is 1. The van der Waals surface area contributed by atoms with Crippen LogP contribution in [0.2, 0.25) is 0 Å². The van der Waals surface area contributed by atoms with E-state index in [0.717, 1.165) is 17.7 Å². The Balaban J connectivity index is 1.63. The van der Waals surface area contributed by atoms with Gasteiger partial charge in [-0.15, -0.1) is 0 Å². The third-order valence-corrected chi connectivity index (χ3v) is 5.17. The average molecular weight is 242 g/mol. The van der Waals surface area contributed by atoms with E-state index in [2.05, 4.69) is 28.9 Å². The highest BCUT2D eigenvalue weighted by atomic mass is 32.2. The highest BCUT2D eigenvalue weighted by molar-refractivity contribution is 7.99. The minimum atomic E-state index is 0.911. The molecule has 2 atom stereocenters. The molecule has 0 radical (unpaired) electrons. The first kappa shape index (κ1) is 12.7. The largest absolute Gasteiger partial charge is 0.317 e. The summed E-state index contributed by atoms with van der Waals surface area (Å²) in [6.07, 6.45) is 5.78. The van der Waals surface area contributed by atoms with Crippen molar-refractivity contribution >= 4 is 11.8 Å². The lowest BCUT2D eigenvalue weighted by molar-refractivity contribution is 0.316. The van der Waals surface area contributed by atoms with Crippen LogP contribution in [0, 0.1) is 5.92 Å². The van der Waals surface area contributed by atoms with Gasteiger partial charge in [-0.3, -0.25) is 0 Å². The summed E-state index contributed by atoms with van der Waals surface area (Å²) in [5.41, 5.74) is 0. The summed E-state index contributed by atoms with van der Waals surface area (Å²) in [5, 5.41) is 4.42. The van der Waals surface area contributed by atoms with Gasteiger partial charge >= 0.3 is 0 Å². The van der Waals surface area contributed by atoms with Crippen molar-refractivity contribution in [2.75, 3.05) is 38.5 Å². The average Bonchev–Trinajstić information content (AvgIpc) is 2.75. The van der Waals surface area contributed by atoms with Crippen LogP contribution in [0.3, 0.4) is 0 Å². The summed E-state index contributed by atoms with van der Waals surface area (Å²) in [5.74, 6) is 2.31. The van der Waals surface area contributed by atoms with Crippen LogP contribution in [-0.2, 0) is 0 Å². The zero-order chi connectivity index (χ0) is 11.2. The van der Waals surface area contributed by atoms with E-state index in [1.807, 2.05) is 0 Å². The first-order chi connectivity index (χ1) is 7.88. The van der Waals surface area contributed by atoms with E-state index in [9.17, 15) is 0 Å². The number of nitrogens with zero attached hydrogens (tertiary/aromatic N) is 1. The maximum Gasteiger partial charge on any atom is 0.0175 e. The summed E-state index contributed by atoms with van der Waals surface area (Å²) in [6, 6.07) is 0. The van der Waals surface area contributed by atoms with Crippen molar-refractivity contribution in [3.05, 3.63) is 0 Å². The van der Waals surface area contributed by atoms with Gasteiger partial charge in [0.2, 0.25) is 0 Å². The van der Waals surface area contributed by atoms with Crippen LogP contribution in [0.4, 0.5) is 0 Å². The Bertz CT molecular complexity index is 192. The second-order valence-electron chi connectivity index (χ2n) is 5.21. The van der Waals surface area contributed by atoms with Crippen LogP contribution in [0.15, 0.2) is 0 Å². The normalized spacial score (nSPS) is 32.1. The van der Waals surface area contributed by atoms with Crippen LogP contribution in [0.5, 0.6) is 0 Å². The SMILES string of the molecule is CCNCC1CCN(CC2CCCCS2)C1. The summed E-state index contributed by atoms with van der Waals surface area (Å²) in [7, 11) is 0. The molecule has 2 unspecified atom stereocenters. The van der Waals surface area contributed by atoms with Gasteiger partial charge in [-0.05, 0) is 50.6 Å². The van der Waals surface area contributed by atoms with Gasteiger partial charge in [0.1, 0.15) is 0 Å². The van der Waals surface area contributed by atoms with Gasteiger partial charge in [0.05, 0.1) is 0 Å². The third-order valence-electron chi connectivity index (χ3n) is 3.79. The molecule has 0 aromatic rings. The summed E-state index contributed by atoms with van der Waals surface area (Å²) in [6.45, 7) is 8.58. The van der Waals surface area contributed by atoms with Gasteiger partial charge < -0.3 is 10.2 Å². The number of rotatable bonds is 5. The molecule has 0 aromatic carbocycles. The van der Waals surface area contributed by atoms with Gasteiger partial charge in [0, 0.05) is 18.3 Å². The fraction of sp³-hybridized carbons (Fsp3) is 1.00. The topological polar surface area (TPSA) is 15.3 Å². The molecule has 1 N–H and O–H groups in total. The molecule has 16 heavy (non-hydrogen) atoms. The highest BCUT2D eigenvalue weighted by Gasteiger charge is 2.25. The molecular formula is C13H26N2S. The van der Waals surface area contributed by atoms with Crippen LogP contribution in [0.25, 0.3) is 0 Å². The van der Waals surface area contributed by atoms with E-state index in [4.69, 9.17) is 0 Å². The summed E-state index contributed by atoms with van der Waals surface area (Å²) in [4.78, 5) is 2.70. The highest BCUT2D eigenvalue weighted by Crippen LogP contribution is 2.27. The van der Waals surface area contributed by atoms with Gasteiger partial charge in [0.15, 0.2) is 0 Å². The van der Waals surface area contributed by atoms with Crippen LogP contribution in [0.1, 0.15) is 32.6 Å². The fourth-order valence-electron chi connectivity index (χ4n) is 2.83. The van der Waals surface area contributed by atoms with Crippen LogP contribution in [-0.4, -0.2) is 48.6 Å². The molecule has 0 aliphatic carbocycles. The lowest BCUT2D eigenvalue weighted by atomic mass is 10.1. The summed E-state index contributed by atoms with van der Waals surface area (Å²) >= 11 is 2.21. The monoisotopic (exact) mass is 242 g/mol. The van der Waals surface area contributed by atoms with E-state index in [0.29, 0.717) is 0 Å². The van der Waals surface area contributed by atoms with Gasteiger partial charge in [0.25, 0.3) is 0 Å². The third kappa shape index (κ3) is 3.94. The Morgan fingerprint density at radius 3 is 3.00 bits per heavy atom. The molecule has 2 fully saturated rings. The van der Waals surface area contributed by atoms with E-state index in [-0.39, 0.29) is 0 Å². The molecule has 2 aliphatic rings. The van der Waals surface area contributed by atoms with E-state index < -0.39 is 0 Å². The maximum absolute atomic E-state index is 3.48. The molecule has 0 amide bonds. The zero-order valence-corrected chi connectivity index (χ0v) is 11.4. The molecule has 0 saturated carbocycles. The Morgan fingerprint density at radius 2 is 2.25 bits per heavy atom. The maximum atomic E-state index is 3.48. The number of hydrogen-bond donors (Lipinski definition) is 1. The predicted molar refractivity (Wildman–Crippen MR) is 73.2 cm³/mol. The van der Waals surface area contributed by atoms with Gasteiger partial charge in [-0.2, -0.15) is 11.8 Å². The van der Waals surface area contributed by atoms with Crippen molar-refractivity contribution in [3.63, 3.8) is 0 Å². The molecule has 0 spiro atoms.